The first-order valence-electron chi connectivity index (χ1n) is 4.13. The molecule has 0 saturated carbocycles. The van der Waals surface area contributed by atoms with Gasteiger partial charge in [0.05, 0.1) is 5.69 Å². The summed E-state index contributed by atoms with van der Waals surface area (Å²) >= 11 is 0. The minimum Gasteiger partial charge on any atom is -0.398 e. The summed E-state index contributed by atoms with van der Waals surface area (Å²) in [6.07, 6.45) is 1.72. The Hall–Kier alpha value is -1.77. The Bertz CT molecular complexity index is 404. The second kappa shape index (κ2) is 2.94. The van der Waals surface area contributed by atoms with E-state index in [-0.39, 0.29) is 0 Å². The monoisotopic (exact) mass is 173 g/mol. The van der Waals surface area contributed by atoms with E-state index >= 15 is 0 Å². The molecular formula is C10H11N3. The minimum atomic E-state index is 0.773. The second-order valence-corrected chi connectivity index (χ2v) is 3.06. The molecule has 0 bridgehead atoms. The predicted octanol–water partition coefficient (Wildman–Crippen LogP) is 1.97. The Morgan fingerprint density at radius 2 is 2.15 bits per heavy atom. The molecule has 0 aliphatic rings. The van der Waals surface area contributed by atoms with Crippen molar-refractivity contribution < 1.29 is 0 Å². The summed E-state index contributed by atoms with van der Waals surface area (Å²) in [6.45, 7) is 2.04. The van der Waals surface area contributed by atoms with Crippen LogP contribution in [0.3, 0.4) is 0 Å². The van der Waals surface area contributed by atoms with Crippen molar-refractivity contribution in [3.05, 3.63) is 36.0 Å². The molecule has 3 nitrogen and oxygen atoms in total. The van der Waals surface area contributed by atoms with E-state index in [1.807, 2.05) is 31.2 Å². The van der Waals surface area contributed by atoms with Gasteiger partial charge in [-0.3, -0.25) is 5.10 Å². The number of rotatable bonds is 1. The van der Waals surface area contributed by atoms with Crippen LogP contribution in [0.25, 0.3) is 11.3 Å². The van der Waals surface area contributed by atoms with E-state index in [0.29, 0.717) is 0 Å². The maximum absolute atomic E-state index is 5.83. The van der Waals surface area contributed by atoms with Crippen LogP contribution in [0.15, 0.2) is 30.5 Å². The number of hydrogen-bond acceptors (Lipinski definition) is 2. The highest BCUT2D eigenvalue weighted by molar-refractivity contribution is 5.73. The zero-order chi connectivity index (χ0) is 9.26. The normalized spacial score (nSPS) is 10.2. The topological polar surface area (TPSA) is 54.7 Å². The molecule has 2 rings (SSSR count). The molecule has 3 heteroatoms. The molecule has 66 valence electrons. The lowest BCUT2D eigenvalue weighted by Gasteiger charge is -2.03. The summed E-state index contributed by atoms with van der Waals surface area (Å²) in [6, 6.07) is 7.86. The van der Waals surface area contributed by atoms with Gasteiger partial charge in [-0.1, -0.05) is 11.6 Å². The highest BCUT2D eigenvalue weighted by Crippen LogP contribution is 2.24. The number of nitrogens with two attached hydrogens (primary N) is 1. The van der Waals surface area contributed by atoms with Crippen molar-refractivity contribution in [2.45, 2.75) is 6.92 Å². The van der Waals surface area contributed by atoms with Gasteiger partial charge in [0.2, 0.25) is 0 Å². The fourth-order valence-corrected chi connectivity index (χ4v) is 1.31. The lowest BCUT2D eigenvalue weighted by atomic mass is 10.1. The van der Waals surface area contributed by atoms with Crippen molar-refractivity contribution in [2.75, 3.05) is 5.73 Å². The summed E-state index contributed by atoms with van der Waals surface area (Å²) in [5.74, 6) is 0. The molecule has 3 N–H and O–H groups in total. The van der Waals surface area contributed by atoms with Crippen LogP contribution in [0.4, 0.5) is 5.69 Å². The number of benzene rings is 1. The van der Waals surface area contributed by atoms with Gasteiger partial charge in [0, 0.05) is 17.4 Å². The van der Waals surface area contributed by atoms with Crippen molar-refractivity contribution in [1.29, 1.82) is 0 Å². The summed E-state index contributed by atoms with van der Waals surface area (Å²) in [7, 11) is 0. The lowest BCUT2D eigenvalue weighted by molar-refractivity contribution is 1.10. The third-order valence-corrected chi connectivity index (χ3v) is 2.00. The predicted molar refractivity (Wildman–Crippen MR) is 53.2 cm³/mol. The van der Waals surface area contributed by atoms with E-state index in [1.54, 1.807) is 6.20 Å². The first-order valence-corrected chi connectivity index (χ1v) is 4.13. The molecule has 0 atom stereocenters. The van der Waals surface area contributed by atoms with Gasteiger partial charge in [-0.15, -0.1) is 0 Å². The quantitative estimate of drug-likeness (QED) is 0.648. The average Bonchev–Trinajstić information content (AvgIpc) is 2.61. The van der Waals surface area contributed by atoms with Crippen molar-refractivity contribution in [2.24, 2.45) is 0 Å². The van der Waals surface area contributed by atoms with Crippen LogP contribution in [-0.4, -0.2) is 10.2 Å². The molecule has 2 aromatic rings. The van der Waals surface area contributed by atoms with Gasteiger partial charge in [-0.2, -0.15) is 5.10 Å². The number of anilines is 1. The molecule has 1 aromatic heterocycles. The van der Waals surface area contributed by atoms with Crippen molar-refractivity contribution in [1.82, 2.24) is 10.2 Å². The summed E-state index contributed by atoms with van der Waals surface area (Å²) < 4.78 is 0. The van der Waals surface area contributed by atoms with E-state index in [9.17, 15) is 0 Å². The maximum Gasteiger partial charge on any atom is 0.0670 e. The van der Waals surface area contributed by atoms with Crippen LogP contribution in [0, 0.1) is 6.92 Å². The Kier molecular flexibility index (Phi) is 1.77. The van der Waals surface area contributed by atoms with Crippen LogP contribution < -0.4 is 5.73 Å². The Morgan fingerprint density at radius 3 is 2.85 bits per heavy atom. The Balaban J connectivity index is 2.57. The van der Waals surface area contributed by atoms with Crippen LogP contribution in [0.1, 0.15) is 5.56 Å². The third-order valence-electron chi connectivity index (χ3n) is 2.00. The highest BCUT2D eigenvalue weighted by Gasteiger charge is 2.02. The number of aromatic amines is 1. The van der Waals surface area contributed by atoms with Gasteiger partial charge in [-0.25, -0.2) is 0 Å². The summed E-state index contributed by atoms with van der Waals surface area (Å²) in [5.41, 5.74) is 9.77. The van der Waals surface area contributed by atoms with E-state index in [0.717, 1.165) is 16.9 Å². The summed E-state index contributed by atoms with van der Waals surface area (Å²) in [4.78, 5) is 0. The number of aromatic nitrogens is 2. The molecule has 0 fully saturated rings. The number of hydrogen-bond donors (Lipinski definition) is 2. The van der Waals surface area contributed by atoms with Crippen molar-refractivity contribution in [3.8, 4) is 11.3 Å². The first-order chi connectivity index (χ1) is 6.27. The maximum atomic E-state index is 5.83. The largest absolute Gasteiger partial charge is 0.398 e. The summed E-state index contributed by atoms with van der Waals surface area (Å²) in [5, 5.41) is 6.78. The zero-order valence-corrected chi connectivity index (χ0v) is 7.41. The molecule has 0 spiro atoms. The Labute approximate surface area is 76.6 Å². The van der Waals surface area contributed by atoms with E-state index < -0.39 is 0 Å². The molecule has 13 heavy (non-hydrogen) atoms. The van der Waals surface area contributed by atoms with Crippen LogP contribution in [-0.2, 0) is 0 Å². The molecule has 1 aromatic carbocycles. The minimum absolute atomic E-state index is 0.773. The van der Waals surface area contributed by atoms with Crippen molar-refractivity contribution in [3.63, 3.8) is 0 Å². The fourth-order valence-electron chi connectivity index (χ4n) is 1.31. The number of H-pyrrole nitrogens is 1. The average molecular weight is 173 g/mol. The number of nitrogen functional groups attached to an aromatic ring is 1. The standard InChI is InChI=1S/C10H11N3/c1-7-2-3-9(11)8(6-7)10-4-5-12-13-10/h2-6H,11H2,1H3,(H,12,13). The molecule has 0 saturated heterocycles. The number of nitrogens with one attached hydrogen (secondary N) is 1. The van der Waals surface area contributed by atoms with Crippen molar-refractivity contribution >= 4 is 5.69 Å². The molecule has 1 heterocycles. The first kappa shape index (κ1) is 7.86. The molecular weight excluding hydrogens is 162 g/mol. The zero-order valence-electron chi connectivity index (χ0n) is 7.41. The smallest absolute Gasteiger partial charge is 0.0670 e. The number of aryl methyl sites for hydroxylation is 1. The van der Waals surface area contributed by atoms with Crippen LogP contribution >= 0.6 is 0 Å². The van der Waals surface area contributed by atoms with Gasteiger partial charge in [0.25, 0.3) is 0 Å². The molecule has 0 aliphatic heterocycles. The molecule has 0 radical (unpaired) electrons. The fraction of sp³-hybridized carbons (Fsp3) is 0.100. The second-order valence-electron chi connectivity index (χ2n) is 3.06. The van der Waals surface area contributed by atoms with E-state index in [4.69, 9.17) is 5.73 Å². The SMILES string of the molecule is Cc1ccc(N)c(-c2ccn[nH]2)c1. The van der Waals surface area contributed by atoms with E-state index in [2.05, 4.69) is 10.2 Å². The number of nitrogens with zero attached hydrogens (tertiary/aromatic N) is 1. The van der Waals surface area contributed by atoms with Gasteiger partial charge >= 0.3 is 0 Å². The van der Waals surface area contributed by atoms with Gasteiger partial charge in [0.1, 0.15) is 0 Å². The van der Waals surface area contributed by atoms with Gasteiger partial charge < -0.3 is 5.73 Å². The molecule has 0 unspecified atom stereocenters. The van der Waals surface area contributed by atoms with Crippen LogP contribution in [0.2, 0.25) is 0 Å². The van der Waals surface area contributed by atoms with Crippen LogP contribution in [0.5, 0.6) is 0 Å². The Morgan fingerprint density at radius 1 is 1.31 bits per heavy atom. The molecule has 0 amide bonds. The van der Waals surface area contributed by atoms with Gasteiger partial charge in [0.15, 0.2) is 0 Å². The lowest BCUT2D eigenvalue weighted by Crippen LogP contribution is -1.90. The third kappa shape index (κ3) is 1.40. The van der Waals surface area contributed by atoms with E-state index in [1.165, 1.54) is 5.56 Å². The van der Waals surface area contributed by atoms with Gasteiger partial charge in [-0.05, 0) is 25.1 Å². The highest BCUT2D eigenvalue weighted by atomic mass is 15.1. The molecule has 0 aliphatic carbocycles.